The first kappa shape index (κ1) is 20.1. The molecule has 3 aromatic carbocycles. The number of hydrogen-bond acceptors (Lipinski definition) is 6. The van der Waals surface area contributed by atoms with E-state index in [1.807, 2.05) is 0 Å². The lowest BCUT2D eigenvalue weighted by atomic mass is 10.1. The number of methoxy groups -OCH3 is 1. The van der Waals surface area contributed by atoms with Gasteiger partial charge in [-0.15, -0.1) is 0 Å². The van der Waals surface area contributed by atoms with Gasteiger partial charge in [0, 0.05) is 18.7 Å². The molecule has 6 nitrogen and oxygen atoms in total. The van der Waals surface area contributed by atoms with Crippen molar-refractivity contribution in [2.75, 3.05) is 13.7 Å². The Morgan fingerprint density at radius 2 is 1.76 bits per heavy atom. The topological polar surface area (TPSA) is 82.1 Å². The van der Waals surface area contributed by atoms with Gasteiger partial charge in [0.15, 0.2) is 0 Å². The molecule has 0 aliphatic carbocycles. The summed E-state index contributed by atoms with van der Waals surface area (Å²) in [5.74, 6) is -0.197. The number of ether oxygens (including phenoxy) is 3. The molecule has 0 saturated heterocycles. The highest BCUT2D eigenvalue weighted by Gasteiger charge is 2.13. The largest absolute Gasteiger partial charge is 0.508 e. The smallest absolute Gasteiger partial charge is 0.343 e. The van der Waals surface area contributed by atoms with Crippen LogP contribution in [0.25, 0.3) is 10.8 Å². The Morgan fingerprint density at radius 3 is 2.52 bits per heavy atom. The summed E-state index contributed by atoms with van der Waals surface area (Å²) in [6.07, 6.45) is 1.59. The number of benzene rings is 3. The van der Waals surface area contributed by atoms with Gasteiger partial charge in [0.05, 0.1) is 12.2 Å². The molecule has 0 amide bonds. The molecule has 0 atom stereocenters. The second kappa shape index (κ2) is 9.03. The molecular weight excluding hydrogens is 372 g/mol. The number of carbonyl (C=O) groups excluding carboxylic acids is 2. The van der Waals surface area contributed by atoms with E-state index in [9.17, 15) is 14.7 Å². The highest BCUT2D eigenvalue weighted by molar-refractivity contribution is 5.97. The molecule has 1 N–H and O–H groups in total. The summed E-state index contributed by atoms with van der Waals surface area (Å²) in [6, 6.07) is 14.8. The minimum Gasteiger partial charge on any atom is -0.508 e. The fourth-order valence-electron chi connectivity index (χ4n) is 2.80. The molecule has 0 unspecified atom stereocenters. The summed E-state index contributed by atoms with van der Waals surface area (Å²) in [7, 11) is 1.58. The molecule has 0 fully saturated rings. The maximum atomic E-state index is 12.6. The van der Waals surface area contributed by atoms with Crippen molar-refractivity contribution in [2.45, 2.75) is 6.42 Å². The van der Waals surface area contributed by atoms with Gasteiger partial charge in [-0.3, -0.25) is 0 Å². The van der Waals surface area contributed by atoms with E-state index in [1.165, 1.54) is 6.07 Å². The molecule has 0 bridgehead atoms. The quantitative estimate of drug-likeness (QED) is 0.371. The first-order chi connectivity index (χ1) is 14.0. The van der Waals surface area contributed by atoms with Gasteiger partial charge >= 0.3 is 11.9 Å². The predicted molar refractivity (Wildman–Crippen MR) is 108 cm³/mol. The number of aromatic hydroxyl groups is 1. The van der Waals surface area contributed by atoms with Crippen molar-refractivity contribution < 1.29 is 28.9 Å². The number of carbonyl (C=O) groups is 2. The molecule has 148 valence electrons. The third kappa shape index (κ3) is 5.00. The third-order valence-corrected chi connectivity index (χ3v) is 4.25. The van der Waals surface area contributed by atoms with Crippen molar-refractivity contribution in [1.82, 2.24) is 0 Å². The highest BCUT2D eigenvalue weighted by Crippen LogP contribution is 2.26. The van der Waals surface area contributed by atoms with Crippen LogP contribution in [-0.4, -0.2) is 30.8 Å². The van der Waals surface area contributed by atoms with Gasteiger partial charge in [-0.05, 0) is 59.7 Å². The number of esters is 2. The normalized spacial score (nSPS) is 10.5. The Morgan fingerprint density at radius 1 is 1.00 bits per heavy atom. The van der Waals surface area contributed by atoms with Crippen LogP contribution >= 0.6 is 0 Å². The zero-order chi connectivity index (χ0) is 20.8. The van der Waals surface area contributed by atoms with Crippen LogP contribution in [0.1, 0.15) is 15.9 Å². The minimum atomic E-state index is -0.539. The van der Waals surface area contributed by atoms with E-state index in [0.29, 0.717) is 35.7 Å². The third-order valence-electron chi connectivity index (χ3n) is 4.25. The summed E-state index contributed by atoms with van der Waals surface area (Å²) < 4.78 is 15.7. The van der Waals surface area contributed by atoms with Gasteiger partial charge in [-0.2, -0.15) is 0 Å². The second-order valence-electron chi connectivity index (χ2n) is 6.27. The zero-order valence-electron chi connectivity index (χ0n) is 15.9. The fraction of sp³-hybridized carbons (Fsp3) is 0.130. The van der Waals surface area contributed by atoms with Crippen LogP contribution in [0.2, 0.25) is 0 Å². The van der Waals surface area contributed by atoms with Crippen LogP contribution in [-0.2, 0) is 16.0 Å². The molecule has 3 aromatic rings. The number of phenols is 1. The van der Waals surface area contributed by atoms with Crippen molar-refractivity contribution in [3.05, 3.63) is 78.4 Å². The highest BCUT2D eigenvalue weighted by atomic mass is 16.5. The Labute approximate surface area is 167 Å². The molecule has 0 saturated carbocycles. The van der Waals surface area contributed by atoms with Gasteiger partial charge in [0.1, 0.15) is 17.2 Å². The number of hydrogen-bond donors (Lipinski definition) is 1. The molecule has 0 aliphatic heterocycles. The van der Waals surface area contributed by atoms with E-state index in [0.717, 1.165) is 16.8 Å². The second-order valence-corrected chi connectivity index (χ2v) is 6.27. The molecule has 6 heteroatoms. The average molecular weight is 392 g/mol. The Kier molecular flexibility index (Phi) is 6.26. The monoisotopic (exact) mass is 392 g/mol. The number of fused-ring (bicyclic) bond motifs is 1. The van der Waals surface area contributed by atoms with Gasteiger partial charge < -0.3 is 19.3 Å². The summed E-state index contributed by atoms with van der Waals surface area (Å²) >= 11 is 0. The fourth-order valence-corrected chi connectivity index (χ4v) is 2.80. The molecular formula is C23H20O6. The standard InChI is InChI=1S/C23H20O6/c1-3-22(25)28-20-8-6-15-12-18(5-4-16(15)14-20)23(26)29-21-9-7-19(24)13-17(21)10-11-27-2/h3-9,12-14,24H,1,10-11H2,2H3. The Balaban J connectivity index is 1.81. The molecule has 0 aliphatic rings. The Hall–Kier alpha value is -3.64. The zero-order valence-corrected chi connectivity index (χ0v) is 15.9. The van der Waals surface area contributed by atoms with E-state index in [4.69, 9.17) is 14.2 Å². The van der Waals surface area contributed by atoms with Crippen LogP contribution in [0.15, 0.2) is 67.3 Å². The van der Waals surface area contributed by atoms with E-state index in [2.05, 4.69) is 6.58 Å². The molecule has 29 heavy (non-hydrogen) atoms. The first-order valence-corrected chi connectivity index (χ1v) is 8.91. The van der Waals surface area contributed by atoms with E-state index < -0.39 is 11.9 Å². The summed E-state index contributed by atoms with van der Waals surface area (Å²) in [4.78, 5) is 23.9. The van der Waals surface area contributed by atoms with Gasteiger partial charge in [-0.1, -0.05) is 18.7 Å². The molecule has 3 rings (SSSR count). The van der Waals surface area contributed by atoms with Crippen molar-refractivity contribution in [3.63, 3.8) is 0 Å². The number of rotatable bonds is 7. The Bertz CT molecular complexity index is 1070. The van der Waals surface area contributed by atoms with Crippen LogP contribution < -0.4 is 9.47 Å². The van der Waals surface area contributed by atoms with Crippen LogP contribution in [0, 0.1) is 0 Å². The lowest BCUT2D eigenvalue weighted by Crippen LogP contribution is -2.10. The number of phenolic OH excluding ortho intramolecular Hbond substituents is 1. The van der Waals surface area contributed by atoms with Crippen LogP contribution in [0.3, 0.4) is 0 Å². The lowest BCUT2D eigenvalue weighted by Gasteiger charge is -2.11. The van der Waals surface area contributed by atoms with Gasteiger partial charge in [0.2, 0.25) is 0 Å². The summed E-state index contributed by atoms with van der Waals surface area (Å²) in [5.41, 5.74) is 1.05. The first-order valence-electron chi connectivity index (χ1n) is 8.91. The van der Waals surface area contributed by atoms with Crippen LogP contribution in [0.5, 0.6) is 17.2 Å². The van der Waals surface area contributed by atoms with Crippen molar-refractivity contribution in [2.24, 2.45) is 0 Å². The summed E-state index contributed by atoms with van der Waals surface area (Å²) in [6.45, 7) is 3.80. The minimum absolute atomic E-state index is 0.0922. The van der Waals surface area contributed by atoms with E-state index in [-0.39, 0.29) is 5.75 Å². The molecule has 0 aromatic heterocycles. The molecule has 0 heterocycles. The maximum Gasteiger partial charge on any atom is 0.343 e. The van der Waals surface area contributed by atoms with Crippen molar-refractivity contribution in [3.8, 4) is 17.2 Å². The van der Waals surface area contributed by atoms with Gasteiger partial charge in [0.25, 0.3) is 0 Å². The molecule has 0 spiro atoms. The van der Waals surface area contributed by atoms with E-state index >= 15 is 0 Å². The predicted octanol–water partition coefficient (Wildman–Crippen LogP) is 4.04. The average Bonchev–Trinajstić information content (AvgIpc) is 2.73. The SMILES string of the molecule is C=CC(=O)Oc1ccc2cc(C(=O)Oc3ccc(O)cc3CCOC)ccc2c1. The van der Waals surface area contributed by atoms with E-state index in [1.54, 1.807) is 55.6 Å². The van der Waals surface area contributed by atoms with Crippen molar-refractivity contribution in [1.29, 1.82) is 0 Å². The maximum absolute atomic E-state index is 12.6. The van der Waals surface area contributed by atoms with Gasteiger partial charge in [-0.25, -0.2) is 9.59 Å². The van der Waals surface area contributed by atoms with Crippen molar-refractivity contribution >= 4 is 22.7 Å². The van der Waals surface area contributed by atoms with Crippen LogP contribution in [0.4, 0.5) is 0 Å². The lowest BCUT2D eigenvalue weighted by molar-refractivity contribution is -0.128. The summed E-state index contributed by atoms with van der Waals surface area (Å²) in [5, 5.41) is 11.3. The molecule has 0 radical (unpaired) electrons.